The molecule has 5 heteroatoms. The van der Waals surface area contributed by atoms with Crippen LogP contribution in [0.2, 0.25) is 0 Å². The zero-order valence-electron chi connectivity index (χ0n) is 11.6. The van der Waals surface area contributed by atoms with E-state index in [-0.39, 0.29) is 6.61 Å². The van der Waals surface area contributed by atoms with Gasteiger partial charge in [-0.15, -0.1) is 11.3 Å². The zero-order valence-corrected chi connectivity index (χ0v) is 12.5. The highest BCUT2D eigenvalue weighted by Gasteiger charge is 2.08. The molecule has 3 aromatic rings. The number of carbonyl (C=O) groups is 1. The fourth-order valence-corrected chi connectivity index (χ4v) is 2.46. The molecular formula is C17H13NO3S. The van der Waals surface area contributed by atoms with E-state index in [9.17, 15) is 4.79 Å². The first-order valence-corrected chi connectivity index (χ1v) is 7.57. The second-order valence-electron chi connectivity index (χ2n) is 4.47. The Morgan fingerprint density at radius 2 is 2.09 bits per heavy atom. The average Bonchev–Trinajstić information content (AvgIpc) is 3.22. The summed E-state index contributed by atoms with van der Waals surface area (Å²) in [6, 6.07) is 13.4. The van der Waals surface area contributed by atoms with Crippen LogP contribution in [-0.2, 0) is 16.1 Å². The van der Waals surface area contributed by atoms with Crippen molar-refractivity contribution >= 4 is 23.4 Å². The standard InChI is InChI=1S/C17H13NO3S/c19-16(9-8-13-5-2-1-3-6-13)20-11-14-12-21-17(18-14)15-7-4-10-22-15/h1-10,12H,11H2/b9-8+. The zero-order chi connectivity index (χ0) is 15.2. The molecule has 0 unspecified atom stereocenters. The van der Waals surface area contributed by atoms with Crippen LogP contribution in [-0.4, -0.2) is 11.0 Å². The van der Waals surface area contributed by atoms with Gasteiger partial charge in [0.1, 0.15) is 18.6 Å². The molecule has 0 bridgehead atoms. The maximum atomic E-state index is 11.7. The van der Waals surface area contributed by atoms with Crippen LogP contribution in [0.3, 0.4) is 0 Å². The Morgan fingerprint density at radius 3 is 2.86 bits per heavy atom. The largest absolute Gasteiger partial charge is 0.456 e. The van der Waals surface area contributed by atoms with E-state index in [2.05, 4.69) is 4.98 Å². The summed E-state index contributed by atoms with van der Waals surface area (Å²) in [7, 11) is 0. The maximum Gasteiger partial charge on any atom is 0.331 e. The van der Waals surface area contributed by atoms with Gasteiger partial charge >= 0.3 is 5.97 Å². The molecule has 0 amide bonds. The minimum atomic E-state index is -0.412. The third kappa shape index (κ3) is 3.71. The molecule has 0 saturated heterocycles. The summed E-state index contributed by atoms with van der Waals surface area (Å²) in [5, 5.41) is 1.95. The molecule has 0 saturated carbocycles. The summed E-state index contributed by atoms with van der Waals surface area (Å²) in [6.07, 6.45) is 4.61. The second kappa shape index (κ2) is 6.87. The molecule has 0 aliphatic heterocycles. The Bertz CT molecular complexity index is 760. The highest BCUT2D eigenvalue weighted by atomic mass is 32.1. The second-order valence-corrected chi connectivity index (χ2v) is 5.42. The van der Waals surface area contributed by atoms with Crippen LogP contribution in [0.15, 0.2) is 64.6 Å². The lowest BCUT2D eigenvalue weighted by Crippen LogP contribution is -2.00. The Kier molecular flexibility index (Phi) is 4.46. The smallest absolute Gasteiger partial charge is 0.331 e. The SMILES string of the molecule is O=C(/C=C/c1ccccc1)OCc1coc(-c2cccs2)n1. The van der Waals surface area contributed by atoms with Crippen molar-refractivity contribution in [2.75, 3.05) is 0 Å². The van der Waals surface area contributed by atoms with Crippen LogP contribution >= 0.6 is 11.3 Å². The number of hydrogen-bond donors (Lipinski definition) is 0. The van der Waals surface area contributed by atoms with E-state index in [0.717, 1.165) is 10.4 Å². The molecule has 0 aliphatic rings. The van der Waals surface area contributed by atoms with Gasteiger partial charge in [0.05, 0.1) is 4.88 Å². The highest BCUT2D eigenvalue weighted by molar-refractivity contribution is 7.13. The number of nitrogens with zero attached hydrogens (tertiary/aromatic N) is 1. The van der Waals surface area contributed by atoms with E-state index in [1.807, 2.05) is 47.8 Å². The Labute approximate surface area is 131 Å². The van der Waals surface area contributed by atoms with E-state index in [0.29, 0.717) is 11.6 Å². The van der Waals surface area contributed by atoms with Crippen LogP contribution in [0, 0.1) is 0 Å². The van der Waals surface area contributed by atoms with Crippen molar-refractivity contribution in [1.82, 2.24) is 4.98 Å². The monoisotopic (exact) mass is 311 g/mol. The van der Waals surface area contributed by atoms with Crippen LogP contribution in [0.1, 0.15) is 11.3 Å². The normalized spacial score (nSPS) is 10.9. The molecule has 0 radical (unpaired) electrons. The van der Waals surface area contributed by atoms with E-state index in [1.165, 1.54) is 12.3 Å². The number of carbonyl (C=O) groups excluding carboxylic acids is 1. The van der Waals surface area contributed by atoms with Crippen LogP contribution in [0.25, 0.3) is 16.8 Å². The van der Waals surface area contributed by atoms with Crippen LogP contribution < -0.4 is 0 Å². The number of ether oxygens (including phenoxy) is 1. The van der Waals surface area contributed by atoms with E-state index >= 15 is 0 Å². The van der Waals surface area contributed by atoms with E-state index in [1.54, 1.807) is 17.4 Å². The van der Waals surface area contributed by atoms with Crippen molar-refractivity contribution in [3.8, 4) is 10.8 Å². The molecule has 110 valence electrons. The third-order valence-electron chi connectivity index (χ3n) is 2.86. The fraction of sp³-hybridized carbons (Fsp3) is 0.0588. The number of aromatic nitrogens is 1. The lowest BCUT2D eigenvalue weighted by molar-refractivity contribution is -0.139. The predicted octanol–water partition coefficient (Wildman–Crippen LogP) is 4.16. The topological polar surface area (TPSA) is 52.3 Å². The van der Waals surface area contributed by atoms with Gasteiger partial charge < -0.3 is 9.15 Å². The summed E-state index contributed by atoms with van der Waals surface area (Å²) in [6.45, 7) is 0.0901. The molecular weight excluding hydrogens is 298 g/mol. The minimum absolute atomic E-state index is 0.0901. The van der Waals surface area contributed by atoms with Gasteiger partial charge in [-0.1, -0.05) is 36.4 Å². The highest BCUT2D eigenvalue weighted by Crippen LogP contribution is 2.23. The predicted molar refractivity (Wildman–Crippen MR) is 85.1 cm³/mol. The van der Waals surface area contributed by atoms with Crippen molar-refractivity contribution in [1.29, 1.82) is 0 Å². The molecule has 3 rings (SSSR count). The molecule has 22 heavy (non-hydrogen) atoms. The Hall–Kier alpha value is -2.66. The molecule has 0 fully saturated rings. The van der Waals surface area contributed by atoms with Crippen LogP contribution in [0.5, 0.6) is 0 Å². The number of benzene rings is 1. The van der Waals surface area contributed by atoms with Gasteiger partial charge in [0.25, 0.3) is 0 Å². The van der Waals surface area contributed by atoms with Crippen LogP contribution in [0.4, 0.5) is 0 Å². The van der Waals surface area contributed by atoms with Gasteiger partial charge in [0.15, 0.2) is 0 Å². The maximum absolute atomic E-state index is 11.7. The molecule has 0 N–H and O–H groups in total. The number of oxazole rings is 1. The average molecular weight is 311 g/mol. The molecule has 2 heterocycles. The first kappa shape index (κ1) is 14.3. The number of rotatable bonds is 5. The van der Waals surface area contributed by atoms with Crippen molar-refractivity contribution in [3.05, 3.63) is 71.4 Å². The summed E-state index contributed by atoms with van der Waals surface area (Å²) in [5.41, 5.74) is 1.53. The minimum Gasteiger partial charge on any atom is -0.456 e. The van der Waals surface area contributed by atoms with Crippen molar-refractivity contribution in [2.45, 2.75) is 6.61 Å². The molecule has 1 aromatic carbocycles. The molecule has 0 atom stereocenters. The van der Waals surface area contributed by atoms with Crippen molar-refractivity contribution in [2.24, 2.45) is 0 Å². The fourth-order valence-electron chi connectivity index (χ4n) is 1.81. The van der Waals surface area contributed by atoms with Gasteiger partial charge in [-0.25, -0.2) is 9.78 Å². The van der Waals surface area contributed by atoms with Gasteiger partial charge in [-0.2, -0.15) is 0 Å². The molecule has 4 nitrogen and oxygen atoms in total. The van der Waals surface area contributed by atoms with Gasteiger partial charge in [0.2, 0.25) is 5.89 Å². The first-order valence-electron chi connectivity index (χ1n) is 6.69. The summed E-state index contributed by atoms with van der Waals surface area (Å²) in [4.78, 5) is 16.9. The first-order chi connectivity index (χ1) is 10.8. The Morgan fingerprint density at radius 1 is 1.23 bits per heavy atom. The summed E-state index contributed by atoms with van der Waals surface area (Å²) < 4.78 is 10.5. The molecule has 0 aliphatic carbocycles. The van der Waals surface area contributed by atoms with E-state index in [4.69, 9.17) is 9.15 Å². The Balaban J connectivity index is 1.54. The third-order valence-corrected chi connectivity index (χ3v) is 3.72. The van der Waals surface area contributed by atoms with Crippen molar-refractivity contribution < 1.29 is 13.9 Å². The quantitative estimate of drug-likeness (QED) is 0.524. The summed E-state index contributed by atoms with van der Waals surface area (Å²) >= 11 is 1.54. The number of esters is 1. The molecule has 2 aromatic heterocycles. The lowest BCUT2D eigenvalue weighted by Gasteiger charge is -1.97. The molecule has 0 spiro atoms. The number of hydrogen-bond acceptors (Lipinski definition) is 5. The van der Waals surface area contributed by atoms with E-state index < -0.39 is 5.97 Å². The summed E-state index contributed by atoms with van der Waals surface area (Å²) in [5.74, 6) is 0.130. The van der Waals surface area contributed by atoms with Gasteiger partial charge in [0, 0.05) is 6.08 Å². The number of thiophene rings is 1. The van der Waals surface area contributed by atoms with Gasteiger partial charge in [-0.3, -0.25) is 0 Å². The lowest BCUT2D eigenvalue weighted by atomic mass is 10.2. The van der Waals surface area contributed by atoms with Crippen molar-refractivity contribution in [3.63, 3.8) is 0 Å². The van der Waals surface area contributed by atoms with Gasteiger partial charge in [-0.05, 0) is 23.1 Å².